The second-order valence-electron chi connectivity index (χ2n) is 0.260. The number of hydrogen-bond acceptors (Lipinski definition) is 5. The predicted molar refractivity (Wildman–Crippen MR) is 31.1 cm³/mol. The molecule has 0 bridgehead atoms. The summed E-state index contributed by atoms with van der Waals surface area (Å²) in [5.41, 5.74) is 0. The average Bonchev–Trinajstić information content (AvgIpc) is 1.41. The van der Waals surface area contributed by atoms with Crippen LogP contribution in [-0.4, -0.2) is 0 Å². The van der Waals surface area contributed by atoms with E-state index in [1.54, 1.807) is 0 Å². The van der Waals surface area contributed by atoms with E-state index in [0.29, 0.717) is 0 Å². The third-order valence-electron chi connectivity index (χ3n) is 0.0786. The molecule has 0 aromatic carbocycles. The summed E-state index contributed by atoms with van der Waals surface area (Å²) in [5.74, 6) is 0. The van der Waals surface area contributed by atoms with Crippen molar-refractivity contribution in [3.05, 3.63) is 0 Å². The lowest BCUT2D eigenvalue weighted by Crippen LogP contribution is -1.69. The Balaban J connectivity index is 2.19. The zero-order valence-electron chi connectivity index (χ0n) is 2.38. The molecule has 0 saturated heterocycles. The highest BCUT2D eigenvalue weighted by Crippen LogP contribution is 2.23. The van der Waals surface area contributed by atoms with Gasteiger partial charge >= 0.3 is 0 Å². The highest BCUT2D eigenvalue weighted by molar-refractivity contribution is 9.08. The molecule has 0 rings (SSSR count). The third-order valence-corrected chi connectivity index (χ3v) is 2.12. The Morgan fingerprint density at radius 2 is 1.40 bits per heavy atom. The molecule has 0 spiro atoms. The first kappa shape index (κ1) is 5.97. The van der Waals surface area contributed by atoms with E-state index in [-0.39, 0.29) is 0 Å². The van der Waals surface area contributed by atoms with Crippen LogP contribution in [-0.2, 0) is 0 Å². The van der Waals surface area contributed by atoms with Gasteiger partial charge in [0.05, 0.1) is 0 Å². The van der Waals surface area contributed by atoms with Crippen molar-refractivity contribution < 1.29 is 0 Å². The molecule has 0 amide bonds. The molecular formula is H4N2S3. The van der Waals surface area contributed by atoms with Crippen LogP contribution in [0.15, 0.2) is 0 Å². The summed E-state index contributed by atoms with van der Waals surface area (Å²) < 4.78 is 0. The normalized spacial score (nSPS) is 8.40. The lowest BCUT2D eigenvalue weighted by molar-refractivity contribution is 2.07. The first-order chi connectivity index (χ1) is 2.41. The molecule has 0 aromatic heterocycles. The molecule has 0 atom stereocenters. The second kappa shape index (κ2) is 4.97. The smallest absolute Gasteiger partial charge is 0.00769 e. The maximum Gasteiger partial charge on any atom is 0.00769 e. The molecule has 32 valence electrons. The van der Waals surface area contributed by atoms with Gasteiger partial charge in [-0.25, -0.2) is 0 Å². The van der Waals surface area contributed by atoms with Crippen molar-refractivity contribution >= 4 is 31.8 Å². The van der Waals surface area contributed by atoms with E-state index in [0.717, 1.165) is 22.0 Å². The van der Waals surface area contributed by atoms with Gasteiger partial charge in [-0.1, -0.05) is 0 Å². The molecule has 0 unspecified atom stereocenters. The Morgan fingerprint density at radius 3 is 1.40 bits per heavy atom. The summed E-state index contributed by atoms with van der Waals surface area (Å²) in [6, 6.07) is 0. The van der Waals surface area contributed by atoms with Crippen molar-refractivity contribution in [2.24, 2.45) is 10.3 Å². The minimum atomic E-state index is 1.16. The Hall–Kier alpha value is 0.970. The standard InChI is InChI=1S/H4N2S3/c1-3-5-4-2/h1-2H2. The molecule has 0 aliphatic heterocycles. The van der Waals surface area contributed by atoms with Crippen LogP contribution in [0.2, 0.25) is 0 Å². The van der Waals surface area contributed by atoms with Crippen LogP contribution in [0.3, 0.4) is 0 Å². The van der Waals surface area contributed by atoms with E-state index in [9.17, 15) is 0 Å². The molecule has 5 heavy (non-hydrogen) atoms. The number of hydrogen-bond donors (Lipinski definition) is 2. The fourth-order valence-corrected chi connectivity index (χ4v) is 0.612. The summed E-state index contributed by atoms with van der Waals surface area (Å²) >= 11 is 0. The summed E-state index contributed by atoms with van der Waals surface area (Å²) in [6.45, 7) is 0. The summed E-state index contributed by atoms with van der Waals surface area (Å²) in [4.78, 5) is 0. The first-order valence-electron chi connectivity index (χ1n) is 0.805. The van der Waals surface area contributed by atoms with E-state index >= 15 is 0 Å². The van der Waals surface area contributed by atoms with Crippen molar-refractivity contribution in [3.8, 4) is 0 Å². The monoisotopic (exact) mass is 128 g/mol. The van der Waals surface area contributed by atoms with Crippen molar-refractivity contribution in [3.63, 3.8) is 0 Å². The Morgan fingerprint density at radius 1 is 1.00 bits per heavy atom. The molecule has 4 N–H and O–H groups in total. The second-order valence-corrected chi connectivity index (χ2v) is 3.57. The van der Waals surface area contributed by atoms with Crippen molar-refractivity contribution in [2.45, 2.75) is 0 Å². The van der Waals surface area contributed by atoms with E-state index in [4.69, 9.17) is 10.3 Å². The topological polar surface area (TPSA) is 52.0 Å². The van der Waals surface area contributed by atoms with Crippen molar-refractivity contribution in [1.29, 1.82) is 0 Å². The van der Waals surface area contributed by atoms with Crippen molar-refractivity contribution in [2.75, 3.05) is 0 Å². The molecule has 0 heterocycles. The number of rotatable bonds is 2. The van der Waals surface area contributed by atoms with Gasteiger partial charge in [-0.15, -0.1) is 0 Å². The van der Waals surface area contributed by atoms with Crippen LogP contribution in [0.5, 0.6) is 0 Å². The first-order valence-corrected chi connectivity index (χ1v) is 4.41. The van der Waals surface area contributed by atoms with Gasteiger partial charge in [-0.3, -0.25) is 10.3 Å². The SMILES string of the molecule is NSSSN. The van der Waals surface area contributed by atoms with Crippen LogP contribution in [0.1, 0.15) is 0 Å². The third kappa shape index (κ3) is 4.97. The average molecular weight is 128 g/mol. The molecule has 0 aromatic rings. The molecule has 0 aliphatic rings. The minimum Gasteiger partial charge on any atom is -0.268 e. The maximum absolute atomic E-state index is 4.92. The van der Waals surface area contributed by atoms with E-state index in [1.807, 2.05) is 0 Å². The summed E-state index contributed by atoms with van der Waals surface area (Å²) in [7, 11) is 3.66. The van der Waals surface area contributed by atoms with Gasteiger partial charge in [0, 0.05) is 9.83 Å². The Labute approximate surface area is 42.5 Å². The summed E-state index contributed by atoms with van der Waals surface area (Å²) in [5, 5.41) is 9.84. The molecule has 0 fully saturated rings. The minimum absolute atomic E-state index is 1.16. The fraction of sp³-hybridized carbons (Fsp3) is 0. The van der Waals surface area contributed by atoms with Gasteiger partial charge in [0.15, 0.2) is 0 Å². The quantitative estimate of drug-likeness (QED) is 0.425. The highest BCUT2D eigenvalue weighted by atomic mass is 33.5. The highest BCUT2D eigenvalue weighted by Gasteiger charge is 1.70. The molecule has 0 radical (unpaired) electrons. The van der Waals surface area contributed by atoms with Crippen LogP contribution in [0.25, 0.3) is 0 Å². The summed E-state index contributed by atoms with van der Waals surface area (Å²) in [6.07, 6.45) is 0. The van der Waals surface area contributed by atoms with Crippen LogP contribution < -0.4 is 10.3 Å². The zero-order chi connectivity index (χ0) is 4.12. The van der Waals surface area contributed by atoms with Crippen LogP contribution in [0, 0.1) is 0 Å². The molecule has 0 aliphatic carbocycles. The number of nitrogens with two attached hydrogens (primary N) is 2. The molecular weight excluding hydrogens is 124 g/mol. The fourth-order valence-electron chi connectivity index (χ4n) is 0.0227. The van der Waals surface area contributed by atoms with Crippen LogP contribution >= 0.6 is 31.8 Å². The van der Waals surface area contributed by atoms with Gasteiger partial charge in [0.25, 0.3) is 0 Å². The lowest BCUT2D eigenvalue weighted by Gasteiger charge is -1.78. The largest absolute Gasteiger partial charge is 0.268 e. The van der Waals surface area contributed by atoms with Gasteiger partial charge in [-0.05, 0) is 22.0 Å². The van der Waals surface area contributed by atoms with E-state index < -0.39 is 0 Å². The van der Waals surface area contributed by atoms with Gasteiger partial charge < -0.3 is 0 Å². The lowest BCUT2D eigenvalue weighted by atomic mass is 14.0. The van der Waals surface area contributed by atoms with Gasteiger partial charge in [0.1, 0.15) is 0 Å². The predicted octanol–water partition coefficient (Wildman–Crippen LogP) is 0.763. The Bertz CT molecular complexity index is 12.4. The van der Waals surface area contributed by atoms with Crippen molar-refractivity contribution in [1.82, 2.24) is 0 Å². The van der Waals surface area contributed by atoms with E-state index in [1.165, 1.54) is 9.83 Å². The van der Waals surface area contributed by atoms with Crippen LogP contribution in [0.4, 0.5) is 0 Å². The zero-order valence-corrected chi connectivity index (χ0v) is 4.83. The molecule has 0 saturated carbocycles. The van der Waals surface area contributed by atoms with E-state index in [2.05, 4.69) is 0 Å². The molecule has 5 heteroatoms. The van der Waals surface area contributed by atoms with Gasteiger partial charge in [-0.2, -0.15) is 0 Å². The van der Waals surface area contributed by atoms with Gasteiger partial charge in [0.2, 0.25) is 0 Å². The molecule has 2 nitrogen and oxygen atoms in total. The maximum atomic E-state index is 4.92. The Kier molecular flexibility index (Phi) is 5.93.